The van der Waals surface area contributed by atoms with Gasteiger partial charge in [0.1, 0.15) is 11.9 Å². The first-order valence-electron chi connectivity index (χ1n) is 7.04. The summed E-state index contributed by atoms with van der Waals surface area (Å²) < 4.78 is 13.2. The van der Waals surface area contributed by atoms with Gasteiger partial charge in [-0.1, -0.05) is 12.2 Å². The van der Waals surface area contributed by atoms with Crippen LogP contribution in [0.1, 0.15) is 24.8 Å². The van der Waals surface area contributed by atoms with E-state index in [1.54, 1.807) is 6.07 Å². The van der Waals surface area contributed by atoms with Gasteiger partial charge in [0.15, 0.2) is 0 Å². The quantitative estimate of drug-likeness (QED) is 0.662. The number of allylic oxidation sites excluding steroid dienone is 2. The summed E-state index contributed by atoms with van der Waals surface area (Å²) in [6, 6.07) is 5.23. The fourth-order valence-electron chi connectivity index (χ4n) is 2.24. The number of amides is 2. The van der Waals surface area contributed by atoms with Gasteiger partial charge in [-0.2, -0.15) is 5.26 Å². The second-order valence-electron chi connectivity index (χ2n) is 5.12. The minimum absolute atomic E-state index is 0.188. The topological polar surface area (TPSA) is 82.0 Å². The fraction of sp³-hybridized carbons (Fsp3) is 0.312. The average Bonchev–Trinajstić information content (AvgIpc) is 2.55. The molecular weight excluding hydrogens is 285 g/mol. The van der Waals surface area contributed by atoms with E-state index in [0.29, 0.717) is 12.5 Å². The molecule has 1 aromatic carbocycles. The molecule has 2 N–H and O–H groups in total. The Morgan fingerprint density at radius 3 is 2.82 bits per heavy atom. The lowest BCUT2D eigenvalue weighted by Crippen LogP contribution is -2.38. The van der Waals surface area contributed by atoms with E-state index < -0.39 is 17.6 Å². The molecule has 6 heteroatoms. The number of nitriles is 1. The van der Waals surface area contributed by atoms with Gasteiger partial charge >= 0.3 is 11.8 Å². The standard InChI is InChI=1S/C16H16FN3O2/c17-14-7-6-13(8-12(14)9-18)20-16(22)15(21)19-10-11-4-2-1-3-5-11/h1-2,6-8,11H,3-5,10H2,(H,19,21)(H,20,22)/t11-/m1/s1. The van der Waals surface area contributed by atoms with E-state index in [4.69, 9.17) is 5.26 Å². The summed E-state index contributed by atoms with van der Waals surface area (Å²) in [7, 11) is 0. The second kappa shape index (κ2) is 7.36. The van der Waals surface area contributed by atoms with Crippen molar-refractivity contribution in [3.8, 4) is 6.07 Å². The first-order chi connectivity index (χ1) is 10.6. The molecule has 0 fully saturated rings. The number of nitrogens with one attached hydrogen (secondary N) is 2. The van der Waals surface area contributed by atoms with E-state index in [1.807, 2.05) is 0 Å². The van der Waals surface area contributed by atoms with Crippen LogP contribution in [-0.4, -0.2) is 18.4 Å². The summed E-state index contributed by atoms with van der Waals surface area (Å²) >= 11 is 0. The van der Waals surface area contributed by atoms with Gasteiger partial charge in [0, 0.05) is 12.2 Å². The minimum Gasteiger partial charge on any atom is -0.348 e. The zero-order valence-electron chi connectivity index (χ0n) is 11.9. The van der Waals surface area contributed by atoms with E-state index in [2.05, 4.69) is 22.8 Å². The van der Waals surface area contributed by atoms with Crippen molar-refractivity contribution in [2.24, 2.45) is 5.92 Å². The molecule has 22 heavy (non-hydrogen) atoms. The Morgan fingerprint density at radius 1 is 1.32 bits per heavy atom. The number of rotatable bonds is 3. The predicted molar refractivity (Wildman–Crippen MR) is 79.2 cm³/mol. The Balaban J connectivity index is 1.87. The van der Waals surface area contributed by atoms with Gasteiger partial charge in [-0.3, -0.25) is 9.59 Å². The third-order valence-corrected chi connectivity index (χ3v) is 3.48. The third-order valence-electron chi connectivity index (χ3n) is 3.48. The van der Waals surface area contributed by atoms with Crippen LogP contribution in [0.15, 0.2) is 30.4 Å². The molecule has 1 aliphatic carbocycles. The van der Waals surface area contributed by atoms with Crippen molar-refractivity contribution in [2.45, 2.75) is 19.3 Å². The molecule has 5 nitrogen and oxygen atoms in total. The van der Waals surface area contributed by atoms with E-state index in [9.17, 15) is 14.0 Å². The highest BCUT2D eigenvalue weighted by Crippen LogP contribution is 2.17. The average molecular weight is 301 g/mol. The molecule has 0 spiro atoms. The van der Waals surface area contributed by atoms with Crippen molar-refractivity contribution in [1.29, 1.82) is 5.26 Å². The van der Waals surface area contributed by atoms with Crippen molar-refractivity contribution in [3.63, 3.8) is 0 Å². The summed E-state index contributed by atoms with van der Waals surface area (Å²) in [4.78, 5) is 23.5. The summed E-state index contributed by atoms with van der Waals surface area (Å²) in [5.74, 6) is -1.90. The second-order valence-corrected chi connectivity index (χ2v) is 5.12. The number of carbonyl (C=O) groups is 2. The van der Waals surface area contributed by atoms with E-state index in [-0.39, 0.29) is 11.3 Å². The summed E-state index contributed by atoms with van der Waals surface area (Å²) in [5, 5.41) is 13.7. The Morgan fingerprint density at radius 2 is 2.14 bits per heavy atom. The molecule has 0 saturated heterocycles. The lowest BCUT2D eigenvalue weighted by molar-refractivity contribution is -0.136. The summed E-state index contributed by atoms with van der Waals surface area (Å²) in [6.07, 6.45) is 7.04. The Hall–Kier alpha value is -2.68. The lowest BCUT2D eigenvalue weighted by Gasteiger charge is -2.17. The van der Waals surface area contributed by atoms with Crippen molar-refractivity contribution in [1.82, 2.24) is 5.32 Å². The van der Waals surface area contributed by atoms with Crippen LogP contribution < -0.4 is 10.6 Å². The summed E-state index contributed by atoms with van der Waals surface area (Å²) in [6.45, 7) is 0.448. The molecule has 0 unspecified atom stereocenters. The molecule has 0 heterocycles. The predicted octanol–water partition coefficient (Wildman–Crippen LogP) is 2.11. The van der Waals surface area contributed by atoms with Crippen LogP contribution in [0, 0.1) is 23.1 Å². The van der Waals surface area contributed by atoms with Crippen molar-refractivity contribution in [2.75, 3.05) is 11.9 Å². The van der Waals surface area contributed by atoms with Crippen LogP contribution in [-0.2, 0) is 9.59 Å². The molecule has 1 atom stereocenters. The molecule has 0 bridgehead atoms. The maximum atomic E-state index is 13.2. The van der Waals surface area contributed by atoms with Crippen LogP contribution in [0.4, 0.5) is 10.1 Å². The third kappa shape index (κ3) is 4.16. The van der Waals surface area contributed by atoms with Gasteiger partial charge in [0.2, 0.25) is 0 Å². The Bertz CT molecular complexity index is 649. The Kier molecular flexibility index (Phi) is 5.26. The normalized spacial score (nSPS) is 16.6. The summed E-state index contributed by atoms with van der Waals surface area (Å²) in [5.41, 5.74) is 0.0194. The van der Waals surface area contributed by atoms with Crippen LogP contribution in [0.2, 0.25) is 0 Å². The number of nitrogens with zero attached hydrogens (tertiary/aromatic N) is 1. The molecule has 114 valence electrons. The molecule has 0 aliphatic heterocycles. The number of anilines is 1. The number of halogens is 1. The molecule has 2 rings (SSSR count). The van der Waals surface area contributed by atoms with E-state index >= 15 is 0 Å². The molecule has 1 aliphatic rings. The molecule has 0 saturated carbocycles. The Labute approximate surface area is 127 Å². The van der Waals surface area contributed by atoms with E-state index in [1.165, 1.54) is 12.1 Å². The minimum atomic E-state index is -0.832. The van der Waals surface area contributed by atoms with Crippen LogP contribution in [0.3, 0.4) is 0 Å². The van der Waals surface area contributed by atoms with Crippen LogP contribution >= 0.6 is 0 Å². The highest BCUT2D eigenvalue weighted by atomic mass is 19.1. The van der Waals surface area contributed by atoms with Gasteiger partial charge in [-0.05, 0) is 43.4 Å². The molecule has 2 amide bonds. The number of carbonyl (C=O) groups excluding carboxylic acids is 2. The largest absolute Gasteiger partial charge is 0.348 e. The first-order valence-corrected chi connectivity index (χ1v) is 7.04. The zero-order chi connectivity index (χ0) is 15.9. The maximum absolute atomic E-state index is 13.2. The van der Waals surface area contributed by atoms with Gasteiger partial charge < -0.3 is 10.6 Å². The van der Waals surface area contributed by atoms with Gasteiger partial charge in [0.05, 0.1) is 5.56 Å². The lowest BCUT2D eigenvalue weighted by atomic mass is 9.94. The molecule has 0 aromatic heterocycles. The van der Waals surface area contributed by atoms with Gasteiger partial charge in [0.25, 0.3) is 0 Å². The zero-order valence-corrected chi connectivity index (χ0v) is 11.9. The number of hydrogen-bond donors (Lipinski definition) is 2. The highest BCUT2D eigenvalue weighted by molar-refractivity contribution is 6.39. The van der Waals surface area contributed by atoms with Gasteiger partial charge in [-0.25, -0.2) is 4.39 Å². The smallest absolute Gasteiger partial charge is 0.313 e. The number of benzene rings is 1. The molecular formula is C16H16FN3O2. The maximum Gasteiger partial charge on any atom is 0.313 e. The first kappa shape index (κ1) is 15.7. The van der Waals surface area contributed by atoms with Crippen molar-refractivity contribution < 1.29 is 14.0 Å². The number of hydrogen-bond acceptors (Lipinski definition) is 3. The van der Waals surface area contributed by atoms with E-state index in [0.717, 1.165) is 25.3 Å². The SMILES string of the molecule is N#Cc1cc(NC(=O)C(=O)NC[C@@H]2CC=CCC2)ccc1F. The van der Waals surface area contributed by atoms with Crippen LogP contribution in [0.25, 0.3) is 0 Å². The van der Waals surface area contributed by atoms with Crippen LogP contribution in [0.5, 0.6) is 0 Å². The molecule has 0 radical (unpaired) electrons. The molecule has 1 aromatic rings. The van der Waals surface area contributed by atoms with Crippen molar-refractivity contribution in [3.05, 3.63) is 41.7 Å². The monoisotopic (exact) mass is 301 g/mol. The highest BCUT2D eigenvalue weighted by Gasteiger charge is 2.17. The fourth-order valence-corrected chi connectivity index (χ4v) is 2.24. The van der Waals surface area contributed by atoms with Gasteiger partial charge in [-0.15, -0.1) is 0 Å². The van der Waals surface area contributed by atoms with Crippen molar-refractivity contribution >= 4 is 17.5 Å².